The van der Waals surface area contributed by atoms with E-state index in [1.165, 1.54) is 28.7 Å². The van der Waals surface area contributed by atoms with E-state index in [0.717, 1.165) is 5.92 Å². The van der Waals surface area contributed by atoms with Crippen molar-refractivity contribution in [2.24, 2.45) is 11.3 Å². The standard InChI is InChI=1S/C21H26/c1-6-19-20(4,5)21(19,17-11-7-15(2)8-12-17)18-13-9-16(3)10-14-18/h7-14,19H,6H2,1-5H3. The van der Waals surface area contributed by atoms with Crippen LogP contribution >= 0.6 is 0 Å². The van der Waals surface area contributed by atoms with Crippen molar-refractivity contribution in [1.29, 1.82) is 0 Å². The molecule has 1 aliphatic carbocycles. The van der Waals surface area contributed by atoms with Gasteiger partial charge >= 0.3 is 0 Å². The van der Waals surface area contributed by atoms with E-state index >= 15 is 0 Å². The molecule has 0 bridgehead atoms. The zero-order valence-corrected chi connectivity index (χ0v) is 13.9. The van der Waals surface area contributed by atoms with Gasteiger partial charge < -0.3 is 0 Å². The smallest absolute Gasteiger partial charge is 0.0290 e. The molecule has 0 N–H and O–H groups in total. The summed E-state index contributed by atoms with van der Waals surface area (Å²) in [6.07, 6.45) is 1.23. The Hall–Kier alpha value is -1.56. The van der Waals surface area contributed by atoms with Gasteiger partial charge in [-0.3, -0.25) is 0 Å². The van der Waals surface area contributed by atoms with Gasteiger partial charge in [0.25, 0.3) is 0 Å². The summed E-state index contributed by atoms with van der Waals surface area (Å²) in [5.74, 6) is 0.718. The molecule has 2 aromatic rings. The van der Waals surface area contributed by atoms with Crippen LogP contribution in [0.1, 0.15) is 49.4 Å². The Bertz CT molecular complexity index is 583. The fourth-order valence-electron chi connectivity index (χ4n) is 4.63. The lowest BCUT2D eigenvalue weighted by Crippen LogP contribution is -2.17. The molecule has 0 aromatic heterocycles. The van der Waals surface area contributed by atoms with E-state index in [0.29, 0.717) is 5.41 Å². The van der Waals surface area contributed by atoms with Crippen molar-refractivity contribution >= 4 is 0 Å². The molecule has 0 heteroatoms. The van der Waals surface area contributed by atoms with Crippen LogP contribution in [0.2, 0.25) is 0 Å². The molecule has 0 nitrogen and oxygen atoms in total. The second-order valence-electron chi connectivity index (χ2n) is 7.22. The van der Waals surface area contributed by atoms with Crippen LogP contribution in [0.15, 0.2) is 48.5 Å². The minimum absolute atomic E-state index is 0.184. The number of hydrogen-bond donors (Lipinski definition) is 0. The second-order valence-corrected chi connectivity index (χ2v) is 7.22. The van der Waals surface area contributed by atoms with Crippen LogP contribution in [0.5, 0.6) is 0 Å². The van der Waals surface area contributed by atoms with Gasteiger partial charge in [0, 0.05) is 5.41 Å². The van der Waals surface area contributed by atoms with Crippen LogP contribution in [-0.4, -0.2) is 0 Å². The fraction of sp³-hybridized carbons (Fsp3) is 0.429. The highest BCUT2D eigenvalue weighted by Crippen LogP contribution is 2.73. The molecule has 110 valence electrons. The van der Waals surface area contributed by atoms with E-state index in [9.17, 15) is 0 Å². The second kappa shape index (κ2) is 4.73. The van der Waals surface area contributed by atoms with Gasteiger partial charge in [0.1, 0.15) is 0 Å². The molecule has 2 aromatic carbocycles. The quantitative estimate of drug-likeness (QED) is 0.680. The van der Waals surface area contributed by atoms with E-state index in [1.54, 1.807) is 0 Å². The van der Waals surface area contributed by atoms with Gasteiger partial charge in [-0.25, -0.2) is 0 Å². The third kappa shape index (κ3) is 1.88. The number of rotatable bonds is 3. The highest BCUT2D eigenvalue weighted by molar-refractivity contribution is 5.52. The molecule has 3 rings (SSSR count). The maximum Gasteiger partial charge on any atom is 0.0290 e. The first-order chi connectivity index (χ1) is 9.94. The first-order valence-electron chi connectivity index (χ1n) is 8.09. The van der Waals surface area contributed by atoms with Crippen LogP contribution in [-0.2, 0) is 5.41 Å². The Balaban J connectivity index is 2.18. The zero-order chi connectivity index (χ0) is 15.3. The van der Waals surface area contributed by atoms with E-state index in [1.807, 2.05) is 0 Å². The summed E-state index contributed by atoms with van der Waals surface area (Å²) < 4.78 is 0. The number of benzene rings is 2. The van der Waals surface area contributed by atoms with Crippen molar-refractivity contribution in [2.75, 3.05) is 0 Å². The average molecular weight is 278 g/mol. The Morgan fingerprint density at radius 3 is 1.43 bits per heavy atom. The molecular weight excluding hydrogens is 252 g/mol. The lowest BCUT2D eigenvalue weighted by Gasteiger charge is -2.23. The van der Waals surface area contributed by atoms with Crippen LogP contribution in [0, 0.1) is 25.2 Å². The highest BCUT2D eigenvalue weighted by atomic mass is 14.7. The topological polar surface area (TPSA) is 0 Å². The minimum atomic E-state index is 0.184. The van der Waals surface area contributed by atoms with E-state index in [2.05, 4.69) is 83.1 Å². The molecule has 1 aliphatic rings. The molecule has 0 heterocycles. The summed E-state index contributed by atoms with van der Waals surface area (Å²) in [6.45, 7) is 11.5. The third-order valence-electron chi connectivity index (χ3n) is 5.75. The van der Waals surface area contributed by atoms with Crippen LogP contribution in [0.25, 0.3) is 0 Å². The molecule has 21 heavy (non-hydrogen) atoms. The first kappa shape index (κ1) is 14.4. The van der Waals surface area contributed by atoms with E-state index in [-0.39, 0.29) is 5.41 Å². The molecule has 1 fully saturated rings. The van der Waals surface area contributed by atoms with Gasteiger partial charge in [0.15, 0.2) is 0 Å². The predicted octanol–water partition coefficient (Wildman–Crippen LogP) is 5.66. The molecule has 0 amide bonds. The Morgan fingerprint density at radius 1 is 0.762 bits per heavy atom. The molecule has 1 unspecified atom stereocenters. The van der Waals surface area contributed by atoms with Crippen molar-refractivity contribution in [3.63, 3.8) is 0 Å². The van der Waals surface area contributed by atoms with Gasteiger partial charge in [-0.05, 0) is 36.3 Å². The first-order valence-corrected chi connectivity index (χ1v) is 8.09. The lowest BCUT2D eigenvalue weighted by molar-refractivity contribution is 0.527. The fourth-order valence-corrected chi connectivity index (χ4v) is 4.63. The van der Waals surface area contributed by atoms with Gasteiger partial charge in [-0.15, -0.1) is 0 Å². The van der Waals surface area contributed by atoms with Crippen LogP contribution in [0.4, 0.5) is 0 Å². The summed E-state index contributed by atoms with van der Waals surface area (Å²) in [5, 5.41) is 0. The third-order valence-corrected chi connectivity index (χ3v) is 5.75. The predicted molar refractivity (Wildman–Crippen MR) is 90.7 cm³/mol. The molecule has 0 spiro atoms. The van der Waals surface area contributed by atoms with Crippen LogP contribution < -0.4 is 0 Å². The van der Waals surface area contributed by atoms with Crippen molar-refractivity contribution in [3.05, 3.63) is 70.8 Å². The summed E-state index contributed by atoms with van der Waals surface area (Å²) >= 11 is 0. The maximum absolute atomic E-state index is 2.43. The molecular formula is C21H26. The zero-order valence-electron chi connectivity index (χ0n) is 13.9. The summed E-state index contributed by atoms with van der Waals surface area (Å²) in [7, 11) is 0. The van der Waals surface area contributed by atoms with Crippen molar-refractivity contribution < 1.29 is 0 Å². The minimum Gasteiger partial charge on any atom is -0.0651 e. The van der Waals surface area contributed by atoms with Crippen molar-refractivity contribution in [3.8, 4) is 0 Å². The summed E-state index contributed by atoms with van der Waals surface area (Å²) in [6, 6.07) is 18.4. The average Bonchev–Trinajstić information content (AvgIpc) is 2.97. The van der Waals surface area contributed by atoms with E-state index < -0.39 is 0 Å². The molecule has 0 saturated heterocycles. The molecule has 1 atom stereocenters. The van der Waals surface area contributed by atoms with Gasteiger partial charge in [-0.1, -0.05) is 86.8 Å². The van der Waals surface area contributed by atoms with Gasteiger partial charge in [0.2, 0.25) is 0 Å². The Morgan fingerprint density at radius 2 is 1.14 bits per heavy atom. The van der Waals surface area contributed by atoms with Crippen molar-refractivity contribution in [2.45, 2.75) is 46.5 Å². The van der Waals surface area contributed by atoms with Gasteiger partial charge in [0.05, 0.1) is 0 Å². The van der Waals surface area contributed by atoms with Crippen molar-refractivity contribution in [1.82, 2.24) is 0 Å². The number of hydrogen-bond acceptors (Lipinski definition) is 0. The maximum atomic E-state index is 2.43. The summed E-state index contributed by atoms with van der Waals surface area (Å²) in [5.41, 5.74) is 6.14. The largest absolute Gasteiger partial charge is 0.0651 e. The summed E-state index contributed by atoms with van der Waals surface area (Å²) in [4.78, 5) is 0. The molecule has 1 saturated carbocycles. The monoisotopic (exact) mass is 278 g/mol. The lowest BCUT2D eigenvalue weighted by atomic mass is 9.80. The van der Waals surface area contributed by atoms with E-state index in [4.69, 9.17) is 0 Å². The Kier molecular flexibility index (Phi) is 3.24. The SMILES string of the molecule is CCC1C(C)(C)C1(c1ccc(C)cc1)c1ccc(C)cc1. The van der Waals surface area contributed by atoms with Crippen LogP contribution in [0.3, 0.4) is 0 Å². The van der Waals surface area contributed by atoms with Gasteiger partial charge in [-0.2, -0.15) is 0 Å². The highest BCUT2D eigenvalue weighted by Gasteiger charge is 2.70. The normalized spacial score (nSPS) is 22.0. The molecule has 0 radical (unpaired) electrons. The molecule has 0 aliphatic heterocycles. The Labute approximate surface area is 129 Å². The number of aryl methyl sites for hydroxylation is 2.